The Labute approximate surface area is 196 Å². The Hall–Kier alpha value is -2.75. The Morgan fingerprint density at radius 1 is 1.15 bits per heavy atom. The van der Waals surface area contributed by atoms with Crippen molar-refractivity contribution in [3.63, 3.8) is 0 Å². The van der Waals surface area contributed by atoms with Crippen LogP contribution in [0.25, 0.3) is 0 Å². The topological polar surface area (TPSA) is 72.3 Å². The van der Waals surface area contributed by atoms with E-state index in [4.69, 9.17) is 5.26 Å². The second kappa shape index (κ2) is 9.24. The molecular weight excluding hydrogens is 410 g/mol. The van der Waals surface area contributed by atoms with E-state index in [0.717, 1.165) is 57.3 Å². The summed E-state index contributed by atoms with van der Waals surface area (Å²) >= 11 is 0. The van der Waals surface area contributed by atoms with E-state index >= 15 is 0 Å². The highest BCUT2D eigenvalue weighted by atomic mass is 16.2. The van der Waals surface area contributed by atoms with Crippen LogP contribution in [0.5, 0.6) is 0 Å². The molecule has 3 aliphatic rings. The highest BCUT2D eigenvalue weighted by molar-refractivity contribution is 5.97. The minimum atomic E-state index is 0.0737. The number of hydrogen-bond acceptors (Lipinski definition) is 5. The van der Waals surface area contributed by atoms with Crippen molar-refractivity contribution in [2.75, 3.05) is 45.8 Å². The lowest BCUT2D eigenvalue weighted by Crippen LogP contribution is -2.46. The fourth-order valence-electron chi connectivity index (χ4n) is 6.10. The lowest BCUT2D eigenvalue weighted by molar-refractivity contribution is 0.0771. The van der Waals surface area contributed by atoms with Crippen molar-refractivity contribution in [2.24, 2.45) is 17.8 Å². The van der Waals surface area contributed by atoms with E-state index < -0.39 is 0 Å². The summed E-state index contributed by atoms with van der Waals surface area (Å²) in [4.78, 5) is 22.2. The van der Waals surface area contributed by atoms with Gasteiger partial charge in [-0.05, 0) is 80.8 Å². The Kier molecular flexibility index (Phi) is 6.18. The molecule has 6 nitrogen and oxygen atoms in total. The summed E-state index contributed by atoms with van der Waals surface area (Å²) < 4.78 is 0. The van der Waals surface area contributed by atoms with E-state index in [2.05, 4.69) is 51.6 Å². The van der Waals surface area contributed by atoms with Gasteiger partial charge in [-0.25, -0.2) is 4.98 Å². The molecule has 4 heterocycles. The maximum Gasteiger partial charge on any atom is 0.255 e. The summed E-state index contributed by atoms with van der Waals surface area (Å²) in [5.74, 6) is 2.56. The molecule has 2 aromatic rings. The van der Waals surface area contributed by atoms with Gasteiger partial charge in [-0.3, -0.25) is 4.79 Å². The van der Waals surface area contributed by atoms with Gasteiger partial charge in [0.15, 0.2) is 0 Å². The maximum absolute atomic E-state index is 13.3. The summed E-state index contributed by atoms with van der Waals surface area (Å²) in [6.45, 7) is 11.0. The molecule has 0 radical (unpaired) electrons. The molecule has 0 saturated carbocycles. The first-order valence-electron chi connectivity index (χ1n) is 12.2. The number of pyridine rings is 1. The highest BCUT2D eigenvalue weighted by Crippen LogP contribution is 2.35. The van der Waals surface area contributed by atoms with Crippen LogP contribution in [0.4, 0.5) is 0 Å². The summed E-state index contributed by atoms with van der Waals surface area (Å²) in [7, 11) is 0. The van der Waals surface area contributed by atoms with Gasteiger partial charge in [-0.1, -0.05) is 30.3 Å². The Morgan fingerprint density at radius 3 is 2.42 bits per heavy atom. The zero-order chi connectivity index (χ0) is 22.9. The van der Waals surface area contributed by atoms with Crippen LogP contribution in [0.1, 0.15) is 45.2 Å². The molecule has 3 atom stereocenters. The number of amides is 1. The average Bonchev–Trinajstić information content (AvgIpc) is 3.34. The largest absolute Gasteiger partial charge is 0.338 e. The summed E-state index contributed by atoms with van der Waals surface area (Å²) in [6, 6.07) is 14.8. The number of carbonyl (C=O) groups is 1. The van der Waals surface area contributed by atoms with Crippen LogP contribution in [0, 0.1) is 42.9 Å². The number of likely N-dealkylation sites (tertiary alicyclic amines) is 2. The first-order chi connectivity index (χ1) is 16.0. The van der Waals surface area contributed by atoms with Crippen molar-refractivity contribution in [1.29, 1.82) is 5.26 Å². The maximum atomic E-state index is 13.3. The number of aromatic nitrogens is 1. The van der Waals surface area contributed by atoms with Crippen molar-refractivity contribution < 1.29 is 4.79 Å². The third kappa shape index (κ3) is 4.40. The average molecular weight is 444 g/mol. The number of nitrogens with zero attached hydrogens (tertiary/aromatic N) is 4. The van der Waals surface area contributed by atoms with Gasteiger partial charge in [0.1, 0.15) is 11.8 Å². The minimum absolute atomic E-state index is 0.0737. The Morgan fingerprint density at radius 2 is 1.85 bits per heavy atom. The quantitative estimate of drug-likeness (QED) is 0.743. The summed E-state index contributed by atoms with van der Waals surface area (Å²) in [5, 5.41) is 12.6. The number of benzene rings is 1. The molecule has 0 spiro atoms. The molecular formula is C27H33N5O. The lowest BCUT2D eigenvalue weighted by Gasteiger charge is -2.36. The molecule has 3 fully saturated rings. The Balaban J connectivity index is 1.18. The highest BCUT2D eigenvalue weighted by Gasteiger charge is 2.42. The predicted octanol–water partition coefficient (Wildman–Crippen LogP) is 2.97. The first kappa shape index (κ1) is 22.1. The van der Waals surface area contributed by atoms with E-state index in [1.54, 1.807) is 6.07 Å². The number of carbonyl (C=O) groups excluding carboxylic acids is 1. The van der Waals surface area contributed by atoms with E-state index in [0.29, 0.717) is 34.7 Å². The minimum Gasteiger partial charge on any atom is -0.338 e. The van der Waals surface area contributed by atoms with Crippen molar-refractivity contribution >= 4 is 5.91 Å². The van der Waals surface area contributed by atoms with E-state index in [-0.39, 0.29) is 5.91 Å². The van der Waals surface area contributed by atoms with Gasteiger partial charge in [0.25, 0.3) is 5.91 Å². The molecule has 1 N–H and O–H groups in total. The molecule has 1 aromatic carbocycles. The van der Waals surface area contributed by atoms with Gasteiger partial charge in [0, 0.05) is 26.2 Å². The van der Waals surface area contributed by atoms with Gasteiger partial charge >= 0.3 is 0 Å². The van der Waals surface area contributed by atoms with Crippen LogP contribution < -0.4 is 5.32 Å². The van der Waals surface area contributed by atoms with Crippen molar-refractivity contribution in [3.05, 3.63) is 64.5 Å². The fraction of sp³-hybridized carbons (Fsp3) is 0.519. The number of nitrogens with one attached hydrogen (secondary N) is 1. The molecule has 1 aromatic heterocycles. The zero-order valence-corrected chi connectivity index (χ0v) is 19.6. The van der Waals surface area contributed by atoms with E-state index in [9.17, 15) is 4.79 Å². The molecule has 3 unspecified atom stereocenters. The third-order valence-electron chi connectivity index (χ3n) is 7.94. The normalized spacial score (nSPS) is 23.7. The molecule has 172 valence electrons. The van der Waals surface area contributed by atoms with Crippen LogP contribution in [0.3, 0.4) is 0 Å². The summed E-state index contributed by atoms with van der Waals surface area (Å²) in [6.07, 6.45) is 1.20. The third-order valence-corrected chi connectivity index (χ3v) is 7.94. The summed E-state index contributed by atoms with van der Waals surface area (Å²) in [5.41, 5.74) is 4.03. The molecule has 0 aliphatic carbocycles. The van der Waals surface area contributed by atoms with E-state index in [1.807, 2.05) is 18.7 Å². The van der Waals surface area contributed by atoms with Gasteiger partial charge in [0.2, 0.25) is 0 Å². The molecule has 5 rings (SSSR count). The number of nitriles is 1. The number of rotatable bonds is 6. The molecule has 1 amide bonds. The molecule has 33 heavy (non-hydrogen) atoms. The van der Waals surface area contributed by atoms with Gasteiger partial charge in [0.05, 0.1) is 11.3 Å². The van der Waals surface area contributed by atoms with E-state index in [1.165, 1.54) is 12.0 Å². The SMILES string of the molecule is Cc1cc(C#N)nc(C)c1C(=O)N1CC2CN(CCC(c3ccccc3)C3CNC3)CC2C1. The standard InChI is InChI=1S/C27H33N5O/c1-18-10-24(11-28)30-19(2)26(18)27(33)32-16-22-14-31(15-23(22)17-32)9-8-25(21-12-29-13-21)20-6-4-3-5-7-20/h3-7,10,21-23,25,29H,8-9,12-17H2,1-2H3. The van der Waals surface area contributed by atoms with Crippen molar-refractivity contribution in [1.82, 2.24) is 20.1 Å². The van der Waals surface area contributed by atoms with Crippen LogP contribution in [-0.2, 0) is 0 Å². The number of fused-ring (bicyclic) bond motifs is 1. The molecule has 3 saturated heterocycles. The van der Waals surface area contributed by atoms with Crippen LogP contribution in [-0.4, -0.2) is 66.5 Å². The van der Waals surface area contributed by atoms with Gasteiger partial charge in [-0.2, -0.15) is 5.26 Å². The molecule has 0 bridgehead atoms. The lowest BCUT2D eigenvalue weighted by atomic mass is 9.80. The van der Waals surface area contributed by atoms with Crippen LogP contribution in [0.15, 0.2) is 36.4 Å². The first-order valence-corrected chi connectivity index (χ1v) is 12.2. The predicted molar refractivity (Wildman–Crippen MR) is 128 cm³/mol. The smallest absolute Gasteiger partial charge is 0.255 e. The van der Waals surface area contributed by atoms with Gasteiger partial charge in [-0.15, -0.1) is 0 Å². The van der Waals surface area contributed by atoms with Crippen LogP contribution >= 0.6 is 0 Å². The molecule has 3 aliphatic heterocycles. The second-order valence-electron chi connectivity index (χ2n) is 10.1. The van der Waals surface area contributed by atoms with Crippen LogP contribution in [0.2, 0.25) is 0 Å². The monoisotopic (exact) mass is 443 g/mol. The fourth-order valence-corrected chi connectivity index (χ4v) is 6.10. The number of hydrogen-bond donors (Lipinski definition) is 1. The van der Waals surface area contributed by atoms with Gasteiger partial charge < -0.3 is 15.1 Å². The number of aryl methyl sites for hydroxylation is 2. The van der Waals surface area contributed by atoms with Crippen molar-refractivity contribution in [2.45, 2.75) is 26.2 Å². The Bertz CT molecular complexity index is 1020. The zero-order valence-electron chi connectivity index (χ0n) is 19.6. The molecule has 6 heteroatoms. The van der Waals surface area contributed by atoms with Crippen molar-refractivity contribution in [3.8, 4) is 6.07 Å². The second-order valence-corrected chi connectivity index (χ2v) is 10.1.